The zero-order valence-corrected chi connectivity index (χ0v) is 12.8. The predicted molar refractivity (Wildman–Crippen MR) is 79.9 cm³/mol. The van der Waals surface area contributed by atoms with E-state index in [9.17, 15) is 4.79 Å². The number of benzene rings is 1. The lowest BCUT2D eigenvalue weighted by atomic mass is 10.2. The molecule has 20 heavy (non-hydrogen) atoms. The molecule has 0 aliphatic heterocycles. The molecule has 0 spiro atoms. The fourth-order valence-electron chi connectivity index (χ4n) is 1.57. The van der Waals surface area contributed by atoms with Gasteiger partial charge in [-0.3, -0.25) is 4.79 Å². The van der Waals surface area contributed by atoms with E-state index < -0.39 is 5.60 Å². The zero-order valence-electron chi connectivity index (χ0n) is 12.8. The molecular formula is C16H25NO3. The van der Waals surface area contributed by atoms with Crippen LogP contribution in [0, 0.1) is 0 Å². The topological polar surface area (TPSA) is 47.6 Å². The van der Waals surface area contributed by atoms with Crippen molar-refractivity contribution in [2.24, 2.45) is 0 Å². The van der Waals surface area contributed by atoms with Crippen LogP contribution < -0.4 is 10.1 Å². The summed E-state index contributed by atoms with van der Waals surface area (Å²) in [6, 6.07) is 9.40. The molecule has 0 fully saturated rings. The fourth-order valence-corrected chi connectivity index (χ4v) is 1.57. The van der Waals surface area contributed by atoms with Gasteiger partial charge in [0.2, 0.25) is 0 Å². The average molecular weight is 279 g/mol. The third kappa shape index (κ3) is 7.14. The molecule has 0 aromatic heterocycles. The summed E-state index contributed by atoms with van der Waals surface area (Å²) in [5, 5.41) is 3.14. The van der Waals surface area contributed by atoms with Crippen LogP contribution in [0.15, 0.2) is 30.3 Å². The van der Waals surface area contributed by atoms with E-state index in [0.717, 1.165) is 12.2 Å². The molecule has 1 N–H and O–H groups in total. The van der Waals surface area contributed by atoms with Crippen molar-refractivity contribution in [1.29, 1.82) is 0 Å². The largest absolute Gasteiger partial charge is 0.494 e. The molecule has 1 aromatic rings. The number of esters is 1. The third-order valence-corrected chi connectivity index (χ3v) is 2.54. The van der Waals surface area contributed by atoms with Gasteiger partial charge in [-0.1, -0.05) is 18.2 Å². The summed E-state index contributed by atoms with van der Waals surface area (Å²) in [5.41, 5.74) is -0.441. The second kappa shape index (κ2) is 7.90. The van der Waals surface area contributed by atoms with Crippen molar-refractivity contribution in [3.63, 3.8) is 0 Å². The Morgan fingerprint density at radius 2 is 1.90 bits per heavy atom. The van der Waals surface area contributed by atoms with Gasteiger partial charge in [-0.05, 0) is 52.8 Å². The first-order valence-corrected chi connectivity index (χ1v) is 7.02. The zero-order chi connectivity index (χ0) is 15.0. The maximum absolute atomic E-state index is 11.7. The Bertz CT molecular complexity index is 398. The van der Waals surface area contributed by atoms with Gasteiger partial charge in [0.15, 0.2) is 0 Å². The molecule has 1 atom stereocenters. The van der Waals surface area contributed by atoms with Crippen LogP contribution in [-0.4, -0.2) is 30.8 Å². The minimum absolute atomic E-state index is 0.221. The normalized spacial score (nSPS) is 12.8. The summed E-state index contributed by atoms with van der Waals surface area (Å²) in [6.45, 7) is 8.75. The summed E-state index contributed by atoms with van der Waals surface area (Å²) in [4.78, 5) is 11.7. The summed E-state index contributed by atoms with van der Waals surface area (Å²) in [7, 11) is 0. The smallest absolute Gasteiger partial charge is 0.323 e. The van der Waals surface area contributed by atoms with Gasteiger partial charge in [0, 0.05) is 0 Å². The van der Waals surface area contributed by atoms with Crippen molar-refractivity contribution in [3.8, 4) is 5.75 Å². The minimum Gasteiger partial charge on any atom is -0.494 e. The molecule has 0 saturated heterocycles. The molecule has 0 heterocycles. The van der Waals surface area contributed by atoms with E-state index in [0.29, 0.717) is 13.2 Å². The van der Waals surface area contributed by atoms with E-state index in [4.69, 9.17) is 9.47 Å². The van der Waals surface area contributed by atoms with Crippen LogP contribution in [0.25, 0.3) is 0 Å². The van der Waals surface area contributed by atoms with Gasteiger partial charge in [0.1, 0.15) is 17.4 Å². The molecule has 4 heteroatoms. The van der Waals surface area contributed by atoms with Crippen molar-refractivity contribution in [1.82, 2.24) is 5.32 Å². The molecule has 1 unspecified atom stereocenters. The van der Waals surface area contributed by atoms with Crippen LogP contribution in [0.1, 0.15) is 34.1 Å². The van der Waals surface area contributed by atoms with Gasteiger partial charge in [0.25, 0.3) is 0 Å². The molecule has 0 bridgehead atoms. The van der Waals surface area contributed by atoms with Gasteiger partial charge < -0.3 is 14.8 Å². The van der Waals surface area contributed by atoms with Gasteiger partial charge in [0.05, 0.1) is 6.61 Å². The molecule has 0 saturated carbocycles. The maximum atomic E-state index is 11.7. The highest BCUT2D eigenvalue weighted by Gasteiger charge is 2.20. The standard InChI is InChI=1S/C16H25NO3/c1-13(15(18)20-16(2,3)4)17-11-8-12-19-14-9-6-5-7-10-14/h5-7,9-10,13,17H,8,11-12H2,1-4H3. The Labute approximate surface area is 121 Å². The van der Waals surface area contributed by atoms with Crippen LogP contribution >= 0.6 is 0 Å². The predicted octanol–water partition coefficient (Wildman–Crippen LogP) is 2.78. The van der Waals surface area contributed by atoms with Crippen LogP contribution in [0.3, 0.4) is 0 Å². The first-order chi connectivity index (χ1) is 9.38. The summed E-state index contributed by atoms with van der Waals surface area (Å²) in [6.07, 6.45) is 0.835. The Balaban J connectivity index is 2.13. The maximum Gasteiger partial charge on any atom is 0.323 e. The Hall–Kier alpha value is -1.55. The van der Waals surface area contributed by atoms with Gasteiger partial charge >= 0.3 is 5.97 Å². The first-order valence-electron chi connectivity index (χ1n) is 7.02. The summed E-state index contributed by atoms with van der Waals surface area (Å²) < 4.78 is 10.9. The molecule has 0 aliphatic carbocycles. The molecule has 112 valence electrons. The lowest BCUT2D eigenvalue weighted by molar-refractivity contribution is -0.156. The lowest BCUT2D eigenvalue weighted by Crippen LogP contribution is -2.39. The number of nitrogens with one attached hydrogen (secondary N) is 1. The van der Waals surface area contributed by atoms with E-state index >= 15 is 0 Å². The van der Waals surface area contributed by atoms with Crippen molar-refractivity contribution >= 4 is 5.97 Å². The number of carbonyl (C=O) groups excluding carboxylic acids is 1. The summed E-state index contributed by atoms with van der Waals surface area (Å²) >= 11 is 0. The van der Waals surface area contributed by atoms with Crippen LogP contribution in [0.2, 0.25) is 0 Å². The SMILES string of the molecule is CC(NCCCOc1ccccc1)C(=O)OC(C)(C)C. The van der Waals surface area contributed by atoms with E-state index in [1.165, 1.54) is 0 Å². The summed E-state index contributed by atoms with van der Waals surface area (Å²) in [5.74, 6) is 0.647. The van der Waals surface area contributed by atoms with E-state index in [1.807, 2.05) is 58.0 Å². The second-order valence-corrected chi connectivity index (χ2v) is 5.72. The molecule has 1 rings (SSSR count). The van der Waals surface area contributed by atoms with Gasteiger partial charge in [-0.15, -0.1) is 0 Å². The third-order valence-electron chi connectivity index (χ3n) is 2.54. The number of ether oxygens (including phenoxy) is 2. The highest BCUT2D eigenvalue weighted by Crippen LogP contribution is 2.09. The molecule has 0 radical (unpaired) electrons. The Morgan fingerprint density at radius 1 is 1.25 bits per heavy atom. The highest BCUT2D eigenvalue weighted by atomic mass is 16.6. The highest BCUT2D eigenvalue weighted by molar-refractivity contribution is 5.75. The van der Waals surface area contributed by atoms with Gasteiger partial charge in [-0.25, -0.2) is 0 Å². The fraction of sp³-hybridized carbons (Fsp3) is 0.562. The molecule has 1 aromatic carbocycles. The molecular weight excluding hydrogens is 254 g/mol. The van der Waals surface area contributed by atoms with Gasteiger partial charge in [-0.2, -0.15) is 0 Å². The minimum atomic E-state index is -0.441. The second-order valence-electron chi connectivity index (χ2n) is 5.72. The van der Waals surface area contributed by atoms with E-state index in [-0.39, 0.29) is 12.0 Å². The van der Waals surface area contributed by atoms with Crippen molar-refractivity contribution < 1.29 is 14.3 Å². The Morgan fingerprint density at radius 3 is 2.50 bits per heavy atom. The molecule has 0 aliphatic rings. The molecule has 4 nitrogen and oxygen atoms in total. The average Bonchev–Trinajstić information content (AvgIpc) is 2.37. The van der Waals surface area contributed by atoms with Crippen LogP contribution in [-0.2, 0) is 9.53 Å². The van der Waals surface area contributed by atoms with Crippen molar-refractivity contribution in [2.75, 3.05) is 13.2 Å². The van der Waals surface area contributed by atoms with E-state index in [1.54, 1.807) is 0 Å². The van der Waals surface area contributed by atoms with Crippen molar-refractivity contribution in [3.05, 3.63) is 30.3 Å². The quantitative estimate of drug-likeness (QED) is 0.616. The number of hydrogen-bond acceptors (Lipinski definition) is 4. The monoisotopic (exact) mass is 279 g/mol. The number of hydrogen-bond donors (Lipinski definition) is 1. The molecule has 0 amide bonds. The first kappa shape index (κ1) is 16.5. The number of carbonyl (C=O) groups is 1. The van der Waals surface area contributed by atoms with Crippen LogP contribution in [0.5, 0.6) is 5.75 Å². The van der Waals surface area contributed by atoms with E-state index in [2.05, 4.69) is 5.32 Å². The van der Waals surface area contributed by atoms with Crippen molar-refractivity contribution in [2.45, 2.75) is 45.8 Å². The van der Waals surface area contributed by atoms with Crippen LogP contribution in [0.4, 0.5) is 0 Å². The number of para-hydroxylation sites is 1. The lowest BCUT2D eigenvalue weighted by Gasteiger charge is -2.22. The Kier molecular flexibility index (Phi) is 6.52. The number of rotatable bonds is 7.